The largest absolute Gasteiger partial charge is 0.250 e. The van der Waals surface area contributed by atoms with Gasteiger partial charge in [0.2, 0.25) is 0 Å². The van der Waals surface area contributed by atoms with Crippen LogP contribution in [0.2, 0.25) is 0 Å². The fourth-order valence-corrected chi connectivity index (χ4v) is 5.14. The van der Waals surface area contributed by atoms with E-state index in [2.05, 4.69) is 85.8 Å². The highest BCUT2D eigenvalue weighted by Crippen LogP contribution is 2.34. The lowest BCUT2D eigenvalue weighted by Crippen LogP contribution is -2.15. The van der Waals surface area contributed by atoms with E-state index in [9.17, 15) is 0 Å². The third-order valence-electron chi connectivity index (χ3n) is 4.92. The van der Waals surface area contributed by atoms with Crippen molar-refractivity contribution in [3.63, 3.8) is 0 Å². The predicted molar refractivity (Wildman–Crippen MR) is 123 cm³/mol. The molecule has 0 amide bonds. The van der Waals surface area contributed by atoms with Gasteiger partial charge in [-0.1, -0.05) is 56.0 Å². The predicted octanol–water partition coefficient (Wildman–Crippen LogP) is 7.02. The maximum atomic E-state index is 4.93. The summed E-state index contributed by atoms with van der Waals surface area (Å²) in [6.45, 7) is 8.51. The number of thiazole rings is 1. The molecule has 0 saturated carbocycles. The lowest BCUT2D eigenvalue weighted by Gasteiger charge is -2.20. The standard InChI is InChI=1S/C24H24N2S2/c1-16-9-12-21-23(13-16)27-24(25-21)22(26-28-20-7-5-4-6-8-20)15-19-11-10-17(2)18(3)14-19/h4-14,17,22,26H,3,15H2,1-2H3. The molecule has 0 aliphatic heterocycles. The normalized spacial score (nSPS) is 17.7. The number of hydrogen-bond acceptors (Lipinski definition) is 4. The summed E-state index contributed by atoms with van der Waals surface area (Å²) in [7, 11) is 0. The van der Waals surface area contributed by atoms with Crippen LogP contribution in [0, 0.1) is 12.8 Å². The second-order valence-corrected chi connectivity index (χ2v) is 9.23. The van der Waals surface area contributed by atoms with Crippen LogP contribution in [-0.4, -0.2) is 4.98 Å². The van der Waals surface area contributed by atoms with E-state index >= 15 is 0 Å². The minimum absolute atomic E-state index is 0.139. The van der Waals surface area contributed by atoms with Gasteiger partial charge in [-0.25, -0.2) is 9.71 Å². The van der Waals surface area contributed by atoms with Gasteiger partial charge in [-0.05, 0) is 72.2 Å². The van der Waals surface area contributed by atoms with Crippen molar-refractivity contribution in [1.29, 1.82) is 0 Å². The molecule has 1 aromatic heterocycles. The van der Waals surface area contributed by atoms with Crippen molar-refractivity contribution in [1.82, 2.24) is 9.71 Å². The molecule has 0 spiro atoms. The average molecular weight is 405 g/mol. The average Bonchev–Trinajstić information content (AvgIpc) is 3.11. The van der Waals surface area contributed by atoms with Gasteiger partial charge in [0.25, 0.3) is 0 Å². The summed E-state index contributed by atoms with van der Waals surface area (Å²) < 4.78 is 4.91. The third kappa shape index (κ3) is 4.46. The molecule has 1 aliphatic carbocycles. The molecule has 2 unspecified atom stereocenters. The minimum atomic E-state index is 0.139. The first-order valence-corrected chi connectivity index (χ1v) is 11.1. The van der Waals surface area contributed by atoms with Crippen molar-refractivity contribution >= 4 is 33.5 Å². The summed E-state index contributed by atoms with van der Waals surface area (Å²) in [5.41, 5.74) is 4.82. The first-order chi connectivity index (χ1) is 13.6. The number of fused-ring (bicyclic) bond motifs is 1. The van der Waals surface area contributed by atoms with Gasteiger partial charge in [-0.15, -0.1) is 11.3 Å². The van der Waals surface area contributed by atoms with Gasteiger partial charge in [0.05, 0.1) is 16.3 Å². The molecule has 1 heterocycles. The SMILES string of the molecule is C=C1C=C(CC(NSc2ccccc2)c2nc3ccc(C)cc3s2)C=CC1C. The number of allylic oxidation sites excluding steroid dienone is 4. The molecule has 2 atom stereocenters. The lowest BCUT2D eigenvalue weighted by molar-refractivity contribution is 0.667. The van der Waals surface area contributed by atoms with Crippen LogP contribution in [-0.2, 0) is 0 Å². The second kappa shape index (κ2) is 8.48. The number of hydrogen-bond donors (Lipinski definition) is 1. The molecule has 142 valence electrons. The molecule has 0 radical (unpaired) electrons. The number of nitrogens with one attached hydrogen (secondary N) is 1. The van der Waals surface area contributed by atoms with E-state index in [1.165, 1.54) is 26.3 Å². The highest BCUT2D eigenvalue weighted by atomic mass is 32.2. The summed E-state index contributed by atoms with van der Waals surface area (Å²) in [6, 6.07) is 17.0. The molecule has 4 heteroatoms. The van der Waals surface area contributed by atoms with Gasteiger partial charge in [-0.3, -0.25) is 0 Å². The van der Waals surface area contributed by atoms with Crippen molar-refractivity contribution in [2.24, 2.45) is 5.92 Å². The molecule has 1 N–H and O–H groups in total. The van der Waals surface area contributed by atoms with E-state index in [0.717, 1.165) is 16.9 Å². The van der Waals surface area contributed by atoms with Crippen LogP contribution in [0.3, 0.4) is 0 Å². The van der Waals surface area contributed by atoms with E-state index < -0.39 is 0 Å². The summed E-state index contributed by atoms with van der Waals surface area (Å²) in [4.78, 5) is 6.14. The van der Waals surface area contributed by atoms with Crippen molar-refractivity contribution < 1.29 is 0 Å². The Balaban J connectivity index is 1.61. The molecule has 3 aromatic rings. The van der Waals surface area contributed by atoms with Gasteiger partial charge in [0.15, 0.2) is 0 Å². The molecule has 2 aromatic carbocycles. The van der Waals surface area contributed by atoms with Crippen LogP contribution in [0.15, 0.2) is 89.4 Å². The molecule has 0 saturated heterocycles. The Morgan fingerprint density at radius 1 is 1.21 bits per heavy atom. The maximum absolute atomic E-state index is 4.93. The molecular formula is C24H24N2S2. The second-order valence-electron chi connectivity index (χ2n) is 7.25. The smallest absolute Gasteiger partial charge is 0.112 e. The molecule has 4 rings (SSSR count). The fourth-order valence-electron chi connectivity index (χ4n) is 3.18. The number of rotatable bonds is 6. The highest BCUT2D eigenvalue weighted by molar-refractivity contribution is 7.97. The van der Waals surface area contributed by atoms with Gasteiger partial charge in [0.1, 0.15) is 5.01 Å². The Kier molecular flexibility index (Phi) is 5.81. The first-order valence-electron chi connectivity index (χ1n) is 9.50. The Morgan fingerprint density at radius 3 is 2.82 bits per heavy atom. The Morgan fingerprint density at radius 2 is 2.04 bits per heavy atom. The van der Waals surface area contributed by atoms with Crippen molar-refractivity contribution in [3.8, 4) is 0 Å². The Hall–Kier alpha value is -2.14. The van der Waals surface area contributed by atoms with E-state index in [1.54, 1.807) is 23.3 Å². The number of aryl methyl sites for hydroxylation is 1. The van der Waals surface area contributed by atoms with Crippen LogP contribution < -0.4 is 4.72 Å². The number of nitrogens with zero attached hydrogens (tertiary/aromatic N) is 1. The Bertz CT molecular complexity index is 1050. The zero-order valence-electron chi connectivity index (χ0n) is 16.2. The van der Waals surface area contributed by atoms with Gasteiger partial charge < -0.3 is 0 Å². The highest BCUT2D eigenvalue weighted by Gasteiger charge is 2.19. The minimum Gasteiger partial charge on any atom is -0.250 e. The molecule has 0 bridgehead atoms. The molecule has 28 heavy (non-hydrogen) atoms. The van der Waals surface area contributed by atoms with Crippen molar-refractivity contribution in [3.05, 3.63) is 95.1 Å². The summed E-state index contributed by atoms with van der Waals surface area (Å²) in [6.07, 6.45) is 7.59. The van der Waals surface area contributed by atoms with Gasteiger partial charge in [-0.2, -0.15) is 0 Å². The van der Waals surface area contributed by atoms with Crippen LogP contribution >= 0.6 is 23.3 Å². The topological polar surface area (TPSA) is 24.9 Å². The van der Waals surface area contributed by atoms with Gasteiger partial charge >= 0.3 is 0 Å². The van der Waals surface area contributed by atoms with Crippen LogP contribution in [0.5, 0.6) is 0 Å². The lowest BCUT2D eigenvalue weighted by atomic mass is 9.91. The van der Waals surface area contributed by atoms with Gasteiger partial charge in [0, 0.05) is 4.90 Å². The quantitative estimate of drug-likeness (QED) is 0.447. The van der Waals surface area contributed by atoms with E-state index in [4.69, 9.17) is 4.98 Å². The van der Waals surface area contributed by atoms with Crippen LogP contribution in [0.25, 0.3) is 10.2 Å². The third-order valence-corrected chi connectivity index (χ3v) is 6.96. The van der Waals surface area contributed by atoms with E-state index in [1.807, 2.05) is 6.07 Å². The first kappa shape index (κ1) is 19.2. The van der Waals surface area contributed by atoms with Crippen LogP contribution in [0.4, 0.5) is 0 Å². The Labute approximate surface area is 175 Å². The maximum Gasteiger partial charge on any atom is 0.112 e. The zero-order chi connectivity index (χ0) is 19.5. The number of benzene rings is 2. The summed E-state index contributed by atoms with van der Waals surface area (Å²) in [5.74, 6) is 0.416. The molecule has 1 aliphatic rings. The zero-order valence-corrected chi connectivity index (χ0v) is 17.8. The van der Waals surface area contributed by atoms with E-state index in [-0.39, 0.29) is 6.04 Å². The number of aromatic nitrogens is 1. The molecule has 0 fully saturated rings. The summed E-state index contributed by atoms with van der Waals surface area (Å²) >= 11 is 3.45. The van der Waals surface area contributed by atoms with Crippen LogP contribution in [0.1, 0.15) is 30.0 Å². The monoisotopic (exact) mass is 404 g/mol. The van der Waals surface area contributed by atoms with E-state index in [0.29, 0.717) is 5.92 Å². The molecular weight excluding hydrogens is 380 g/mol. The fraction of sp³-hybridized carbons (Fsp3) is 0.208. The summed E-state index contributed by atoms with van der Waals surface area (Å²) in [5, 5.41) is 1.13. The molecule has 2 nitrogen and oxygen atoms in total. The van der Waals surface area contributed by atoms with Crippen molar-refractivity contribution in [2.75, 3.05) is 0 Å². The van der Waals surface area contributed by atoms with Crippen molar-refractivity contribution in [2.45, 2.75) is 31.2 Å².